The zero-order chi connectivity index (χ0) is 29.5. The Labute approximate surface area is 242 Å². The Balaban J connectivity index is 1.25. The van der Waals surface area contributed by atoms with Crippen LogP contribution in [0.2, 0.25) is 0 Å². The third-order valence-corrected chi connectivity index (χ3v) is 7.69. The van der Waals surface area contributed by atoms with Gasteiger partial charge in [0.1, 0.15) is 29.0 Å². The maximum absolute atomic E-state index is 12.7. The molecule has 0 bridgehead atoms. The summed E-state index contributed by atoms with van der Waals surface area (Å²) >= 11 is 0. The SMILES string of the molecule is N#CCC(=O)N1CCN(c2nc(Nc3ccc(CN4CCC(C/C(N)=N/NN)CC4)cc3)c3c(=O)[nH]ncc3n2)CC1. The monoisotopic (exact) mass is 573 g/mol. The number of hydrazone groups is 1. The predicted molar refractivity (Wildman–Crippen MR) is 158 cm³/mol. The van der Waals surface area contributed by atoms with Gasteiger partial charge in [-0.3, -0.25) is 14.5 Å². The first-order chi connectivity index (χ1) is 20.4. The third kappa shape index (κ3) is 6.90. The number of piperazine rings is 1. The molecule has 0 saturated carbocycles. The summed E-state index contributed by atoms with van der Waals surface area (Å²) in [6, 6.07) is 9.99. The Hall–Kier alpha value is -4.81. The number of nitrogens with one attached hydrogen (secondary N) is 3. The average molecular weight is 574 g/mol. The molecular formula is C27H35N13O2. The molecular weight excluding hydrogens is 538 g/mol. The second kappa shape index (κ2) is 13.2. The van der Waals surface area contributed by atoms with Gasteiger partial charge in [-0.2, -0.15) is 20.4 Å². The van der Waals surface area contributed by atoms with E-state index in [1.54, 1.807) is 4.90 Å². The molecule has 2 aliphatic rings. The molecule has 42 heavy (non-hydrogen) atoms. The first-order valence-corrected chi connectivity index (χ1v) is 13.9. The molecule has 1 amide bonds. The fraction of sp³-hybridized carbons (Fsp3) is 0.444. The number of hydrogen-bond donors (Lipinski definition) is 5. The van der Waals surface area contributed by atoms with Crippen LogP contribution in [0.25, 0.3) is 10.9 Å². The van der Waals surface area contributed by atoms with Gasteiger partial charge in [0.25, 0.3) is 5.56 Å². The van der Waals surface area contributed by atoms with Crippen LogP contribution in [0, 0.1) is 17.2 Å². The highest BCUT2D eigenvalue weighted by Crippen LogP contribution is 2.26. The van der Waals surface area contributed by atoms with Gasteiger partial charge < -0.3 is 20.9 Å². The number of likely N-dealkylation sites (tertiary alicyclic amines) is 1. The lowest BCUT2D eigenvalue weighted by Gasteiger charge is -2.34. The third-order valence-electron chi connectivity index (χ3n) is 7.69. The lowest BCUT2D eigenvalue weighted by Crippen LogP contribution is -2.49. The number of amidine groups is 1. The number of piperidine rings is 1. The Morgan fingerprint density at radius 1 is 1.12 bits per heavy atom. The maximum Gasteiger partial charge on any atom is 0.277 e. The van der Waals surface area contributed by atoms with Crippen molar-refractivity contribution < 1.29 is 4.79 Å². The van der Waals surface area contributed by atoms with E-state index < -0.39 is 0 Å². The minimum Gasteiger partial charge on any atom is -0.386 e. The molecule has 15 heteroatoms. The quantitative estimate of drug-likeness (QED) is 0.102. The molecule has 2 aliphatic heterocycles. The molecule has 1 aromatic carbocycles. The molecule has 7 N–H and O–H groups in total. The van der Waals surface area contributed by atoms with Crippen molar-refractivity contribution in [2.75, 3.05) is 49.5 Å². The van der Waals surface area contributed by atoms with Crippen LogP contribution >= 0.6 is 0 Å². The summed E-state index contributed by atoms with van der Waals surface area (Å²) in [7, 11) is 0. The molecule has 3 aromatic rings. The largest absolute Gasteiger partial charge is 0.386 e. The molecule has 0 unspecified atom stereocenters. The van der Waals surface area contributed by atoms with Crippen LogP contribution in [0.1, 0.15) is 31.2 Å². The van der Waals surface area contributed by atoms with Crippen LogP contribution in [0.3, 0.4) is 0 Å². The van der Waals surface area contributed by atoms with Gasteiger partial charge in [-0.1, -0.05) is 12.1 Å². The molecule has 15 nitrogen and oxygen atoms in total. The van der Waals surface area contributed by atoms with E-state index in [1.165, 1.54) is 11.8 Å². The van der Waals surface area contributed by atoms with Crippen molar-refractivity contribution in [1.29, 1.82) is 5.26 Å². The standard InChI is InChI=1S/C27H35N13O2/c28-8-5-23(41)39-11-13-40(14-12-39)27-33-21-16-31-36-26(42)24(21)25(34-27)32-20-3-1-19(2-4-20)17-38-9-6-18(7-10-38)15-22(29)35-37-30/h1-4,16,18,37H,5-7,9-15,17,30H2,(H2,29,35)(H,36,42)(H,32,33,34). The Morgan fingerprint density at radius 2 is 1.86 bits per heavy atom. The first-order valence-electron chi connectivity index (χ1n) is 13.9. The zero-order valence-corrected chi connectivity index (χ0v) is 23.3. The van der Waals surface area contributed by atoms with Crippen LogP contribution < -0.4 is 32.9 Å². The Bertz CT molecular complexity index is 1520. The van der Waals surface area contributed by atoms with Crippen LogP contribution in [-0.4, -0.2) is 81.0 Å². The molecule has 0 spiro atoms. The van der Waals surface area contributed by atoms with E-state index in [9.17, 15) is 9.59 Å². The van der Waals surface area contributed by atoms with E-state index in [2.05, 4.69) is 48.2 Å². The second-order valence-corrected chi connectivity index (χ2v) is 10.5. The average Bonchev–Trinajstić information content (AvgIpc) is 2.99. The van der Waals surface area contributed by atoms with E-state index in [1.807, 2.05) is 23.1 Å². The fourth-order valence-corrected chi connectivity index (χ4v) is 5.42. The second-order valence-electron chi connectivity index (χ2n) is 10.5. The van der Waals surface area contributed by atoms with E-state index in [-0.39, 0.29) is 17.9 Å². The summed E-state index contributed by atoms with van der Waals surface area (Å²) in [4.78, 5) is 40.1. The van der Waals surface area contributed by atoms with E-state index in [0.29, 0.717) is 60.6 Å². The normalized spacial score (nSPS) is 16.8. The number of nitriles is 1. The number of carbonyl (C=O) groups is 1. The Kier molecular flexibility index (Phi) is 9.05. The van der Waals surface area contributed by atoms with Gasteiger partial charge in [0.15, 0.2) is 0 Å². The van der Waals surface area contributed by atoms with Crippen molar-refractivity contribution in [2.45, 2.75) is 32.2 Å². The number of benzene rings is 1. The van der Waals surface area contributed by atoms with Gasteiger partial charge >= 0.3 is 0 Å². The molecule has 2 aromatic heterocycles. The van der Waals surface area contributed by atoms with Crippen molar-refractivity contribution in [3.63, 3.8) is 0 Å². The van der Waals surface area contributed by atoms with Crippen molar-refractivity contribution in [1.82, 2.24) is 35.5 Å². The predicted octanol–water partition coefficient (Wildman–Crippen LogP) is 0.357. The van der Waals surface area contributed by atoms with E-state index in [0.717, 1.165) is 44.6 Å². The fourth-order valence-electron chi connectivity index (χ4n) is 5.42. The molecule has 4 heterocycles. The maximum atomic E-state index is 12.7. The van der Waals surface area contributed by atoms with Gasteiger partial charge in [-0.05, 0) is 49.5 Å². The Morgan fingerprint density at radius 3 is 2.55 bits per heavy atom. The summed E-state index contributed by atoms with van der Waals surface area (Å²) < 4.78 is 0. The van der Waals surface area contributed by atoms with E-state index in [4.69, 9.17) is 21.8 Å². The number of nitrogens with two attached hydrogens (primary N) is 2. The van der Waals surface area contributed by atoms with Crippen molar-refractivity contribution >= 4 is 40.1 Å². The van der Waals surface area contributed by atoms with Gasteiger partial charge in [-0.15, -0.1) is 0 Å². The number of carbonyl (C=O) groups excluding carboxylic acids is 1. The highest BCUT2D eigenvalue weighted by Gasteiger charge is 2.24. The number of rotatable bonds is 9. The minimum absolute atomic E-state index is 0.134. The number of fused-ring (bicyclic) bond motifs is 1. The molecule has 0 aliphatic carbocycles. The number of hydrazine groups is 1. The number of amides is 1. The summed E-state index contributed by atoms with van der Waals surface area (Å²) in [5, 5.41) is 22.7. The topological polar surface area (TPSA) is 211 Å². The van der Waals surface area contributed by atoms with Gasteiger partial charge in [-0.25, -0.2) is 21.5 Å². The lowest BCUT2D eigenvalue weighted by atomic mass is 9.93. The van der Waals surface area contributed by atoms with Crippen molar-refractivity contribution in [2.24, 2.45) is 22.6 Å². The molecule has 220 valence electrons. The van der Waals surface area contributed by atoms with Crippen molar-refractivity contribution in [3.8, 4) is 6.07 Å². The lowest BCUT2D eigenvalue weighted by molar-refractivity contribution is -0.130. The highest BCUT2D eigenvalue weighted by atomic mass is 16.2. The minimum atomic E-state index is -0.388. The van der Waals surface area contributed by atoms with Crippen LogP contribution in [0.5, 0.6) is 0 Å². The zero-order valence-electron chi connectivity index (χ0n) is 23.3. The number of hydrogen-bond acceptors (Lipinski definition) is 12. The van der Waals surface area contributed by atoms with Crippen LogP contribution in [-0.2, 0) is 11.3 Å². The van der Waals surface area contributed by atoms with Gasteiger partial charge in [0.05, 0.1) is 12.3 Å². The first kappa shape index (κ1) is 28.7. The number of nitrogens with zero attached hydrogens (tertiary/aromatic N) is 8. The summed E-state index contributed by atoms with van der Waals surface area (Å²) in [6.45, 7) is 4.77. The molecule has 0 atom stereocenters. The van der Waals surface area contributed by atoms with Crippen molar-refractivity contribution in [3.05, 3.63) is 46.4 Å². The summed E-state index contributed by atoms with van der Waals surface area (Å²) in [5.74, 6) is 6.89. The highest BCUT2D eigenvalue weighted by molar-refractivity contribution is 5.90. The molecule has 0 radical (unpaired) electrons. The smallest absolute Gasteiger partial charge is 0.277 e. The van der Waals surface area contributed by atoms with E-state index >= 15 is 0 Å². The number of anilines is 3. The van der Waals surface area contributed by atoms with Gasteiger partial charge in [0.2, 0.25) is 11.9 Å². The van der Waals surface area contributed by atoms with Crippen LogP contribution in [0.4, 0.5) is 17.5 Å². The number of H-pyrrole nitrogens is 1. The number of aromatic amines is 1. The molecule has 5 rings (SSSR count). The van der Waals surface area contributed by atoms with Gasteiger partial charge in [0, 0.05) is 44.8 Å². The number of aromatic nitrogens is 4. The summed E-state index contributed by atoms with van der Waals surface area (Å²) in [5.41, 5.74) is 10.1. The molecule has 2 fully saturated rings. The summed E-state index contributed by atoms with van der Waals surface area (Å²) in [6.07, 6.45) is 4.22. The molecule has 2 saturated heterocycles. The van der Waals surface area contributed by atoms with Crippen LogP contribution in [0.15, 0.2) is 40.4 Å².